The minimum absolute atomic E-state index is 0.183. The third kappa shape index (κ3) is 71.6. The first-order valence-corrected chi connectivity index (χ1v) is 37.9. The third-order valence-electron chi connectivity index (χ3n) is 16.6. The Hall–Kier alpha value is -3.79. The number of esters is 2. The number of likely N-dealkylation sites (N-methyl/N-ethyl adjacent to an activating group) is 1. The maximum absolute atomic E-state index is 13.0. The topological polar surface area (TPSA) is 108 Å². The Morgan fingerprint density at radius 1 is 0.344 bits per heavy atom. The van der Waals surface area contributed by atoms with E-state index >= 15 is 0 Å². The van der Waals surface area contributed by atoms with Crippen molar-refractivity contribution in [2.45, 2.75) is 354 Å². The lowest BCUT2D eigenvalue weighted by molar-refractivity contribution is -0.870. The summed E-state index contributed by atoms with van der Waals surface area (Å²) >= 11 is 0. The molecule has 0 aliphatic rings. The molecular weight excluding hydrogens is 1110 g/mol. The molecule has 1 N–H and O–H groups in total. The number of quaternary nitrogens is 1. The number of unbranched alkanes of at least 4 members (excludes halogenated alkanes) is 39. The Morgan fingerprint density at radius 3 is 0.944 bits per heavy atom. The van der Waals surface area contributed by atoms with Crippen molar-refractivity contribution >= 4 is 17.9 Å². The van der Waals surface area contributed by atoms with E-state index in [2.05, 4.69) is 111 Å². The molecule has 0 bridgehead atoms. The molecule has 520 valence electrons. The van der Waals surface area contributed by atoms with Gasteiger partial charge >= 0.3 is 17.9 Å². The van der Waals surface area contributed by atoms with E-state index in [1.807, 2.05) is 21.1 Å². The number of carbonyl (C=O) groups is 3. The van der Waals surface area contributed by atoms with Gasteiger partial charge in [0.15, 0.2) is 6.10 Å². The van der Waals surface area contributed by atoms with Crippen LogP contribution in [0.2, 0.25) is 0 Å². The predicted molar refractivity (Wildman–Crippen MR) is 387 cm³/mol. The second kappa shape index (κ2) is 71.1. The fraction of sp³-hybridized carbons (Fsp3) is 0.765. The number of rotatable bonds is 70. The van der Waals surface area contributed by atoms with E-state index in [0.717, 1.165) is 96.3 Å². The Balaban J connectivity index is 4.09. The van der Waals surface area contributed by atoms with Gasteiger partial charge in [-0.1, -0.05) is 349 Å². The Labute approximate surface area is 556 Å². The van der Waals surface area contributed by atoms with E-state index in [9.17, 15) is 19.5 Å². The largest absolute Gasteiger partial charge is 0.477 e. The number of ether oxygens (including phenoxy) is 4. The molecule has 0 saturated heterocycles. The van der Waals surface area contributed by atoms with Gasteiger partial charge in [-0.2, -0.15) is 0 Å². The summed E-state index contributed by atoms with van der Waals surface area (Å²) in [6.45, 7) is 4.80. The summed E-state index contributed by atoms with van der Waals surface area (Å²) in [5.41, 5.74) is 0. The van der Waals surface area contributed by atoms with Gasteiger partial charge < -0.3 is 28.5 Å². The number of carbonyl (C=O) groups excluding carboxylic acids is 2. The van der Waals surface area contributed by atoms with Gasteiger partial charge in [0.25, 0.3) is 6.29 Å². The molecule has 0 rings (SSSR count). The van der Waals surface area contributed by atoms with Crippen LogP contribution in [-0.2, 0) is 33.3 Å². The molecule has 0 aromatic heterocycles. The van der Waals surface area contributed by atoms with Crippen LogP contribution in [0.4, 0.5) is 0 Å². The van der Waals surface area contributed by atoms with Crippen LogP contribution in [0.15, 0.2) is 97.2 Å². The number of carboxylic acid groups (broad SMARTS) is 1. The molecule has 0 aromatic carbocycles. The monoisotopic (exact) mass is 1260 g/mol. The standard InChI is InChI=1S/C81H143NO8/c1-6-8-10-12-14-16-18-20-22-24-26-28-30-32-34-36-38-40-42-44-46-48-50-52-54-56-58-60-62-64-66-68-70-72-79(84)90-77(76-89-81(80(85)86)87-74-73-82(3,4)5)75-88-78(83)71-69-67-65-63-61-59-57-55-53-51-49-47-45-43-41-39-37-35-33-31-29-27-25-23-21-19-17-15-13-11-9-7-2/h8,10,14,16,20,22,26,28,32,34,38,40,44,46,50,52,77,81H,6-7,9,11-13,15,17-19,21,23-25,27,29-31,33,35-37,39,41-43,45,47-49,51,53-76H2,1-5H3/p+1/b10-8-,16-14-,22-20-,28-26-,34-32-,40-38-,46-44-,52-50-. The normalized spacial score (nSPS) is 13.2. The van der Waals surface area contributed by atoms with Crippen molar-refractivity contribution in [3.63, 3.8) is 0 Å². The summed E-state index contributed by atoms with van der Waals surface area (Å²) in [4.78, 5) is 37.7. The van der Waals surface area contributed by atoms with Gasteiger partial charge in [-0.05, 0) is 77.0 Å². The zero-order valence-electron chi connectivity index (χ0n) is 59.5. The molecule has 0 spiro atoms. The summed E-state index contributed by atoms with van der Waals surface area (Å²) in [5.74, 6) is -2.00. The van der Waals surface area contributed by atoms with Gasteiger partial charge in [-0.25, -0.2) is 4.79 Å². The summed E-state index contributed by atoms with van der Waals surface area (Å²) in [6, 6.07) is 0. The number of nitrogens with zero attached hydrogens (tertiary/aromatic N) is 1. The summed E-state index contributed by atoms with van der Waals surface area (Å²) < 4.78 is 23.0. The lowest BCUT2D eigenvalue weighted by Gasteiger charge is -2.25. The first-order valence-electron chi connectivity index (χ1n) is 37.9. The van der Waals surface area contributed by atoms with Crippen LogP contribution in [0.3, 0.4) is 0 Å². The minimum Gasteiger partial charge on any atom is -0.477 e. The van der Waals surface area contributed by atoms with Crippen molar-refractivity contribution < 1.29 is 42.9 Å². The number of allylic oxidation sites excluding steroid dienone is 16. The molecule has 0 aromatic rings. The van der Waals surface area contributed by atoms with Crippen molar-refractivity contribution in [2.24, 2.45) is 0 Å². The van der Waals surface area contributed by atoms with Crippen molar-refractivity contribution in [3.05, 3.63) is 97.2 Å². The molecule has 0 radical (unpaired) electrons. The summed E-state index contributed by atoms with van der Waals surface area (Å²) in [5, 5.41) is 9.76. The number of aliphatic carboxylic acids is 1. The Morgan fingerprint density at radius 2 is 0.633 bits per heavy atom. The average molecular weight is 1260 g/mol. The van der Waals surface area contributed by atoms with Crippen molar-refractivity contribution in [2.75, 3.05) is 47.5 Å². The molecule has 0 heterocycles. The van der Waals surface area contributed by atoms with Crippen LogP contribution >= 0.6 is 0 Å². The van der Waals surface area contributed by atoms with Gasteiger partial charge in [-0.3, -0.25) is 9.59 Å². The number of hydrogen-bond donors (Lipinski definition) is 1. The minimum atomic E-state index is -1.52. The zero-order chi connectivity index (χ0) is 65.4. The molecule has 9 heteroatoms. The van der Waals surface area contributed by atoms with Crippen molar-refractivity contribution in [1.29, 1.82) is 0 Å². The SMILES string of the molecule is CC/C=C\C/C=C\C/C=C\C/C=C\C/C=C\C/C=C\C/C=C\C/C=C\CCCCCCCCCCC(=O)OC(COC(=O)CCCCCCCCCCCCCCCCCCCCCCCCCCCCCCCCCC)COC(OCC[N+](C)(C)C)C(=O)O. The molecule has 0 saturated carbocycles. The van der Waals surface area contributed by atoms with Gasteiger partial charge in [0.2, 0.25) is 0 Å². The van der Waals surface area contributed by atoms with E-state index in [-0.39, 0.29) is 32.2 Å². The van der Waals surface area contributed by atoms with Crippen LogP contribution in [0.25, 0.3) is 0 Å². The number of carboxylic acids is 1. The van der Waals surface area contributed by atoms with E-state index in [1.165, 1.54) is 212 Å². The molecule has 2 unspecified atom stereocenters. The average Bonchev–Trinajstić information content (AvgIpc) is 3.72. The fourth-order valence-electron chi connectivity index (χ4n) is 10.9. The molecule has 0 amide bonds. The first-order chi connectivity index (χ1) is 44.1. The second-order valence-electron chi connectivity index (χ2n) is 26.6. The van der Waals surface area contributed by atoms with E-state index in [4.69, 9.17) is 18.9 Å². The lowest BCUT2D eigenvalue weighted by atomic mass is 10.0. The van der Waals surface area contributed by atoms with E-state index in [0.29, 0.717) is 23.9 Å². The third-order valence-corrected chi connectivity index (χ3v) is 16.6. The van der Waals surface area contributed by atoms with Crippen LogP contribution < -0.4 is 0 Å². The van der Waals surface area contributed by atoms with Gasteiger partial charge in [0.1, 0.15) is 13.2 Å². The highest BCUT2D eigenvalue weighted by molar-refractivity contribution is 5.71. The highest BCUT2D eigenvalue weighted by Gasteiger charge is 2.25. The number of hydrogen-bond acceptors (Lipinski definition) is 7. The zero-order valence-corrected chi connectivity index (χ0v) is 59.5. The first kappa shape index (κ1) is 86.2. The van der Waals surface area contributed by atoms with Crippen LogP contribution in [0, 0.1) is 0 Å². The highest BCUT2D eigenvalue weighted by Crippen LogP contribution is 2.19. The summed E-state index contributed by atoms with van der Waals surface area (Å²) in [6.07, 6.45) is 95.4. The van der Waals surface area contributed by atoms with Gasteiger partial charge in [0, 0.05) is 12.8 Å². The van der Waals surface area contributed by atoms with Gasteiger partial charge in [0.05, 0.1) is 34.4 Å². The van der Waals surface area contributed by atoms with Gasteiger partial charge in [-0.15, -0.1) is 0 Å². The van der Waals surface area contributed by atoms with E-state index < -0.39 is 24.3 Å². The molecule has 90 heavy (non-hydrogen) atoms. The smallest absolute Gasteiger partial charge is 0.361 e. The quantitative estimate of drug-likeness (QED) is 0.0211. The fourth-order valence-corrected chi connectivity index (χ4v) is 10.9. The lowest BCUT2D eigenvalue weighted by Crippen LogP contribution is -2.40. The highest BCUT2D eigenvalue weighted by atomic mass is 16.7. The Kier molecular flexibility index (Phi) is 68.1. The van der Waals surface area contributed by atoms with Crippen LogP contribution in [0.5, 0.6) is 0 Å². The Bertz CT molecular complexity index is 1800. The summed E-state index contributed by atoms with van der Waals surface area (Å²) in [7, 11) is 5.98. The molecule has 0 aliphatic heterocycles. The molecule has 0 fully saturated rings. The van der Waals surface area contributed by atoms with Crippen molar-refractivity contribution in [3.8, 4) is 0 Å². The molecule has 0 aliphatic carbocycles. The second-order valence-corrected chi connectivity index (χ2v) is 26.6. The maximum atomic E-state index is 13.0. The molecular formula is C81H144NO8+. The predicted octanol–water partition coefficient (Wildman–Crippen LogP) is 24.0. The van der Waals surface area contributed by atoms with Crippen LogP contribution in [-0.4, -0.2) is 87.4 Å². The van der Waals surface area contributed by atoms with E-state index in [1.54, 1.807) is 0 Å². The molecule has 9 nitrogen and oxygen atoms in total. The maximum Gasteiger partial charge on any atom is 0.361 e. The van der Waals surface area contributed by atoms with Crippen LogP contribution in [0.1, 0.15) is 341 Å². The van der Waals surface area contributed by atoms with Crippen molar-refractivity contribution in [1.82, 2.24) is 0 Å². The molecule has 2 atom stereocenters.